The molecular weight excluding hydrogens is 383 g/mol. The van der Waals surface area contributed by atoms with Crippen LogP contribution in [0, 0.1) is 0 Å². The Bertz CT molecular complexity index is 730. The topological polar surface area (TPSA) is 88.4 Å². The summed E-state index contributed by atoms with van der Waals surface area (Å²) in [6.07, 6.45) is -0.616. The van der Waals surface area contributed by atoms with E-state index in [0.29, 0.717) is 15.8 Å². The molecule has 1 saturated heterocycles. The van der Waals surface area contributed by atoms with Gasteiger partial charge in [-0.25, -0.2) is 9.59 Å². The number of nitrogens with zero attached hydrogens (tertiary/aromatic N) is 2. The SMILES string of the molecule is CC(C)(C)OC(=O)N1CC(=NOCc2ccc(Cl)c(Cl)c2)CC1C(=O)O. The van der Waals surface area contributed by atoms with Gasteiger partial charge in [-0.05, 0) is 38.5 Å². The van der Waals surface area contributed by atoms with Crippen molar-refractivity contribution in [2.24, 2.45) is 5.16 Å². The van der Waals surface area contributed by atoms with E-state index in [1.165, 1.54) is 0 Å². The van der Waals surface area contributed by atoms with Crippen molar-refractivity contribution < 1.29 is 24.3 Å². The smallest absolute Gasteiger partial charge is 0.411 e. The first-order chi connectivity index (χ1) is 12.1. The molecule has 1 aliphatic heterocycles. The van der Waals surface area contributed by atoms with Gasteiger partial charge in [0.25, 0.3) is 0 Å². The number of carboxylic acid groups (broad SMARTS) is 1. The number of ether oxygens (including phenoxy) is 1. The van der Waals surface area contributed by atoms with Crippen LogP contribution in [0.15, 0.2) is 23.4 Å². The molecule has 26 heavy (non-hydrogen) atoms. The lowest BCUT2D eigenvalue weighted by molar-refractivity contribution is -0.142. The van der Waals surface area contributed by atoms with Crippen molar-refractivity contribution in [3.8, 4) is 0 Å². The van der Waals surface area contributed by atoms with Crippen LogP contribution in [-0.4, -0.2) is 46.0 Å². The first-order valence-corrected chi connectivity index (χ1v) is 8.66. The Kier molecular flexibility index (Phi) is 6.36. The lowest BCUT2D eigenvalue weighted by atomic mass is 10.2. The van der Waals surface area contributed by atoms with Crippen LogP contribution < -0.4 is 0 Å². The Hall–Kier alpha value is -1.99. The second-order valence-corrected chi connectivity index (χ2v) is 7.66. The zero-order valence-corrected chi connectivity index (χ0v) is 16.2. The van der Waals surface area contributed by atoms with Crippen molar-refractivity contribution >= 4 is 41.0 Å². The van der Waals surface area contributed by atoms with E-state index in [1.807, 2.05) is 0 Å². The summed E-state index contributed by atoms with van der Waals surface area (Å²) in [6.45, 7) is 5.32. The Balaban J connectivity index is 2.01. The van der Waals surface area contributed by atoms with Crippen LogP contribution in [-0.2, 0) is 21.0 Å². The van der Waals surface area contributed by atoms with E-state index in [2.05, 4.69) is 5.16 Å². The molecular formula is C17H20Cl2N2O5. The van der Waals surface area contributed by atoms with E-state index in [1.54, 1.807) is 39.0 Å². The van der Waals surface area contributed by atoms with E-state index in [0.717, 1.165) is 10.5 Å². The fourth-order valence-electron chi connectivity index (χ4n) is 2.33. The minimum Gasteiger partial charge on any atom is -0.480 e. The van der Waals surface area contributed by atoms with Crippen LogP contribution in [0.1, 0.15) is 32.8 Å². The number of halogens is 2. The lowest BCUT2D eigenvalue weighted by Crippen LogP contribution is -2.43. The van der Waals surface area contributed by atoms with Crippen LogP contribution in [0.25, 0.3) is 0 Å². The van der Waals surface area contributed by atoms with Gasteiger partial charge in [-0.1, -0.05) is 34.4 Å². The number of hydrogen-bond donors (Lipinski definition) is 1. The number of amides is 1. The maximum absolute atomic E-state index is 12.2. The maximum Gasteiger partial charge on any atom is 0.411 e. The summed E-state index contributed by atoms with van der Waals surface area (Å²) in [5.41, 5.74) is 0.494. The molecule has 0 aliphatic carbocycles. The molecule has 1 aromatic carbocycles. The molecule has 0 aromatic heterocycles. The Morgan fingerprint density at radius 3 is 2.58 bits per heavy atom. The van der Waals surface area contributed by atoms with Gasteiger partial charge in [0, 0.05) is 6.42 Å². The second-order valence-electron chi connectivity index (χ2n) is 6.85. The number of benzene rings is 1. The molecule has 0 saturated carbocycles. The average Bonchev–Trinajstić information content (AvgIpc) is 2.94. The van der Waals surface area contributed by atoms with Crippen LogP contribution in [0.4, 0.5) is 4.79 Å². The van der Waals surface area contributed by atoms with Gasteiger partial charge in [0.15, 0.2) is 0 Å². The Morgan fingerprint density at radius 1 is 1.31 bits per heavy atom. The van der Waals surface area contributed by atoms with Gasteiger partial charge in [0.2, 0.25) is 0 Å². The van der Waals surface area contributed by atoms with Crippen molar-refractivity contribution in [2.75, 3.05) is 6.54 Å². The summed E-state index contributed by atoms with van der Waals surface area (Å²) >= 11 is 11.8. The molecule has 1 N–H and O–H groups in total. The second kappa shape index (κ2) is 8.14. The lowest BCUT2D eigenvalue weighted by Gasteiger charge is -2.26. The zero-order chi connectivity index (χ0) is 19.5. The minimum absolute atomic E-state index is 0.0350. The fraction of sp³-hybridized carbons (Fsp3) is 0.471. The molecule has 1 amide bonds. The third kappa shape index (κ3) is 5.51. The molecule has 1 aromatic rings. The monoisotopic (exact) mass is 402 g/mol. The minimum atomic E-state index is -1.12. The van der Waals surface area contributed by atoms with Gasteiger partial charge < -0.3 is 14.7 Å². The fourth-order valence-corrected chi connectivity index (χ4v) is 2.65. The molecule has 1 heterocycles. The molecule has 9 heteroatoms. The molecule has 7 nitrogen and oxygen atoms in total. The highest BCUT2D eigenvalue weighted by Gasteiger charge is 2.40. The molecule has 1 atom stereocenters. The van der Waals surface area contributed by atoms with E-state index in [9.17, 15) is 14.7 Å². The van der Waals surface area contributed by atoms with Gasteiger partial charge in [-0.15, -0.1) is 0 Å². The zero-order valence-electron chi connectivity index (χ0n) is 14.7. The summed E-state index contributed by atoms with van der Waals surface area (Å²) in [5, 5.41) is 14.1. The van der Waals surface area contributed by atoms with Gasteiger partial charge in [0.1, 0.15) is 18.2 Å². The normalized spacial score (nSPS) is 18.9. The highest BCUT2D eigenvalue weighted by molar-refractivity contribution is 6.42. The maximum atomic E-state index is 12.2. The number of rotatable bonds is 4. The third-order valence-electron chi connectivity index (χ3n) is 3.48. The number of likely N-dealkylation sites (tertiary alicyclic amines) is 1. The first kappa shape index (κ1) is 20.3. The third-order valence-corrected chi connectivity index (χ3v) is 4.22. The highest BCUT2D eigenvalue weighted by atomic mass is 35.5. The number of carbonyl (C=O) groups excluding carboxylic acids is 1. The predicted octanol–water partition coefficient (Wildman–Crippen LogP) is 3.96. The number of carboxylic acids is 1. The van der Waals surface area contributed by atoms with Crippen molar-refractivity contribution in [1.29, 1.82) is 0 Å². The number of aliphatic carboxylic acids is 1. The van der Waals surface area contributed by atoms with E-state index in [4.69, 9.17) is 32.8 Å². The van der Waals surface area contributed by atoms with Gasteiger partial charge in [-0.2, -0.15) is 0 Å². The number of hydrogen-bond acceptors (Lipinski definition) is 5. The standard InChI is InChI=1S/C17H20Cl2N2O5/c1-17(2,3)26-16(24)21-8-11(7-14(21)15(22)23)20-25-9-10-4-5-12(18)13(19)6-10/h4-6,14H,7-9H2,1-3H3,(H,22,23). The summed E-state index contributed by atoms with van der Waals surface area (Å²) in [7, 11) is 0. The molecule has 2 rings (SSSR count). The van der Waals surface area contributed by atoms with E-state index in [-0.39, 0.29) is 19.6 Å². The Labute approximate surface area is 161 Å². The molecule has 1 unspecified atom stereocenters. The summed E-state index contributed by atoms with van der Waals surface area (Å²) < 4.78 is 5.25. The molecule has 0 radical (unpaired) electrons. The Morgan fingerprint density at radius 2 is 2.00 bits per heavy atom. The van der Waals surface area contributed by atoms with E-state index >= 15 is 0 Å². The van der Waals surface area contributed by atoms with Crippen LogP contribution in [0.5, 0.6) is 0 Å². The highest BCUT2D eigenvalue weighted by Crippen LogP contribution is 2.23. The molecule has 1 aliphatic rings. The summed E-state index contributed by atoms with van der Waals surface area (Å²) in [5.74, 6) is -1.12. The van der Waals surface area contributed by atoms with Crippen LogP contribution in [0.2, 0.25) is 10.0 Å². The van der Waals surface area contributed by atoms with Gasteiger partial charge in [-0.3, -0.25) is 4.90 Å². The largest absolute Gasteiger partial charge is 0.480 e. The molecule has 142 valence electrons. The van der Waals surface area contributed by atoms with Crippen molar-refractivity contribution in [2.45, 2.75) is 45.4 Å². The van der Waals surface area contributed by atoms with Crippen molar-refractivity contribution in [1.82, 2.24) is 4.90 Å². The summed E-state index contributed by atoms with van der Waals surface area (Å²) in [6, 6.07) is 4.02. The van der Waals surface area contributed by atoms with Crippen molar-refractivity contribution in [3.05, 3.63) is 33.8 Å². The molecule has 1 fully saturated rings. The predicted molar refractivity (Wildman–Crippen MR) is 97.7 cm³/mol. The van der Waals surface area contributed by atoms with Crippen LogP contribution >= 0.6 is 23.2 Å². The van der Waals surface area contributed by atoms with Gasteiger partial charge >= 0.3 is 12.1 Å². The van der Waals surface area contributed by atoms with Crippen LogP contribution in [0.3, 0.4) is 0 Å². The van der Waals surface area contributed by atoms with Gasteiger partial charge in [0.05, 0.1) is 22.3 Å². The molecule has 0 bridgehead atoms. The average molecular weight is 403 g/mol. The first-order valence-electron chi connectivity index (χ1n) is 7.91. The number of carbonyl (C=O) groups is 2. The summed E-state index contributed by atoms with van der Waals surface area (Å²) in [4.78, 5) is 30.0. The number of oxime groups is 1. The molecule has 0 spiro atoms. The van der Waals surface area contributed by atoms with E-state index < -0.39 is 23.7 Å². The van der Waals surface area contributed by atoms with Crippen molar-refractivity contribution in [3.63, 3.8) is 0 Å². The quantitative estimate of drug-likeness (QED) is 0.769.